The monoisotopic (exact) mass is 294 g/mol. The minimum absolute atomic E-state index is 0.264. The van der Waals surface area contributed by atoms with Crippen LogP contribution in [-0.4, -0.2) is 31.3 Å². The molecule has 0 radical (unpaired) electrons. The molecule has 110 valence electrons. The SMILES string of the molecule is Cc1ccccc1-c1nnnn1Cc1ccc(C(=O)O)cc1. The fraction of sp³-hybridized carbons (Fsp3) is 0.125. The van der Waals surface area contributed by atoms with Crippen molar-refractivity contribution >= 4 is 5.97 Å². The summed E-state index contributed by atoms with van der Waals surface area (Å²) in [5.41, 5.74) is 3.28. The summed E-state index contributed by atoms with van der Waals surface area (Å²) >= 11 is 0. The molecule has 0 bridgehead atoms. The van der Waals surface area contributed by atoms with Gasteiger partial charge in [-0.25, -0.2) is 9.48 Å². The van der Waals surface area contributed by atoms with Crippen LogP contribution in [0.3, 0.4) is 0 Å². The number of aryl methyl sites for hydroxylation is 1. The first-order chi connectivity index (χ1) is 10.6. The molecule has 0 amide bonds. The predicted octanol–water partition coefficient (Wildman–Crippen LogP) is 2.40. The summed E-state index contributed by atoms with van der Waals surface area (Å²) in [5, 5.41) is 20.8. The van der Waals surface area contributed by atoms with Crippen LogP contribution in [-0.2, 0) is 6.54 Å². The van der Waals surface area contributed by atoms with E-state index in [2.05, 4.69) is 15.5 Å². The topological polar surface area (TPSA) is 80.9 Å². The molecule has 0 aliphatic carbocycles. The van der Waals surface area contributed by atoms with Crippen molar-refractivity contribution in [2.75, 3.05) is 0 Å². The van der Waals surface area contributed by atoms with Gasteiger partial charge in [-0.1, -0.05) is 36.4 Å². The molecule has 1 aromatic heterocycles. The maximum atomic E-state index is 10.9. The first-order valence-electron chi connectivity index (χ1n) is 6.79. The van der Waals surface area contributed by atoms with Gasteiger partial charge in [0.25, 0.3) is 0 Å². The Bertz CT molecular complexity index is 809. The van der Waals surface area contributed by atoms with Crippen LogP contribution in [0.4, 0.5) is 0 Å². The highest BCUT2D eigenvalue weighted by Gasteiger charge is 2.11. The number of benzene rings is 2. The molecular weight excluding hydrogens is 280 g/mol. The Labute approximate surface area is 127 Å². The van der Waals surface area contributed by atoms with Crippen LogP contribution in [0.25, 0.3) is 11.4 Å². The summed E-state index contributed by atoms with van der Waals surface area (Å²) in [6, 6.07) is 14.6. The van der Waals surface area contributed by atoms with Gasteiger partial charge in [0.2, 0.25) is 0 Å². The van der Waals surface area contributed by atoms with Crippen molar-refractivity contribution in [1.82, 2.24) is 20.2 Å². The molecule has 0 atom stereocenters. The fourth-order valence-electron chi connectivity index (χ4n) is 2.25. The zero-order chi connectivity index (χ0) is 15.5. The maximum absolute atomic E-state index is 10.9. The molecule has 0 saturated carbocycles. The molecule has 2 aromatic carbocycles. The normalized spacial score (nSPS) is 10.6. The first-order valence-corrected chi connectivity index (χ1v) is 6.79. The lowest BCUT2D eigenvalue weighted by Gasteiger charge is -2.07. The maximum Gasteiger partial charge on any atom is 0.335 e. The molecule has 3 aromatic rings. The van der Waals surface area contributed by atoms with Crippen LogP contribution >= 0.6 is 0 Å². The van der Waals surface area contributed by atoms with Crippen molar-refractivity contribution in [1.29, 1.82) is 0 Å². The molecule has 0 fully saturated rings. The number of aromatic carboxylic acids is 1. The number of carboxylic acids is 1. The van der Waals surface area contributed by atoms with Crippen molar-refractivity contribution in [3.8, 4) is 11.4 Å². The predicted molar refractivity (Wildman–Crippen MR) is 80.5 cm³/mol. The number of aromatic nitrogens is 4. The Morgan fingerprint density at radius 2 is 1.86 bits per heavy atom. The van der Waals surface area contributed by atoms with E-state index in [-0.39, 0.29) is 5.56 Å². The Balaban J connectivity index is 1.90. The molecule has 1 N–H and O–H groups in total. The van der Waals surface area contributed by atoms with Gasteiger partial charge in [-0.2, -0.15) is 0 Å². The summed E-state index contributed by atoms with van der Waals surface area (Å²) in [7, 11) is 0. The van der Waals surface area contributed by atoms with E-state index in [0.29, 0.717) is 12.4 Å². The van der Waals surface area contributed by atoms with E-state index in [0.717, 1.165) is 16.7 Å². The summed E-state index contributed by atoms with van der Waals surface area (Å²) in [4.78, 5) is 10.9. The minimum Gasteiger partial charge on any atom is -0.478 e. The average molecular weight is 294 g/mol. The third kappa shape index (κ3) is 2.71. The van der Waals surface area contributed by atoms with Gasteiger partial charge < -0.3 is 5.11 Å². The lowest BCUT2D eigenvalue weighted by molar-refractivity contribution is 0.0697. The van der Waals surface area contributed by atoms with Gasteiger partial charge in [-0.05, 0) is 40.6 Å². The third-order valence-corrected chi connectivity index (χ3v) is 3.45. The largest absolute Gasteiger partial charge is 0.478 e. The molecule has 0 aliphatic heterocycles. The molecule has 0 unspecified atom stereocenters. The van der Waals surface area contributed by atoms with E-state index in [4.69, 9.17) is 5.11 Å². The lowest BCUT2D eigenvalue weighted by Crippen LogP contribution is -2.05. The fourth-order valence-corrected chi connectivity index (χ4v) is 2.25. The van der Waals surface area contributed by atoms with Crippen LogP contribution in [0.1, 0.15) is 21.5 Å². The smallest absolute Gasteiger partial charge is 0.335 e. The molecule has 1 heterocycles. The third-order valence-electron chi connectivity index (χ3n) is 3.45. The number of carbonyl (C=O) groups is 1. The van der Waals surface area contributed by atoms with Gasteiger partial charge in [0.05, 0.1) is 12.1 Å². The minimum atomic E-state index is -0.936. The number of nitrogens with zero attached hydrogens (tertiary/aromatic N) is 4. The molecule has 6 heteroatoms. The zero-order valence-electron chi connectivity index (χ0n) is 12.0. The summed E-state index contributed by atoms with van der Waals surface area (Å²) in [6.07, 6.45) is 0. The summed E-state index contributed by atoms with van der Waals surface area (Å²) in [5.74, 6) is -0.241. The highest BCUT2D eigenvalue weighted by atomic mass is 16.4. The number of tetrazole rings is 1. The van der Waals surface area contributed by atoms with E-state index in [1.165, 1.54) is 0 Å². The molecule has 22 heavy (non-hydrogen) atoms. The zero-order valence-corrected chi connectivity index (χ0v) is 12.0. The summed E-state index contributed by atoms with van der Waals surface area (Å²) in [6.45, 7) is 2.49. The lowest BCUT2D eigenvalue weighted by atomic mass is 10.1. The van der Waals surface area contributed by atoms with E-state index < -0.39 is 5.97 Å². The van der Waals surface area contributed by atoms with Crippen LogP contribution < -0.4 is 0 Å². The van der Waals surface area contributed by atoms with Crippen LogP contribution in [0, 0.1) is 6.92 Å². The number of carboxylic acid groups (broad SMARTS) is 1. The molecule has 3 rings (SSSR count). The highest BCUT2D eigenvalue weighted by Crippen LogP contribution is 2.20. The van der Waals surface area contributed by atoms with Gasteiger partial charge in [-0.3, -0.25) is 0 Å². The number of hydrogen-bond acceptors (Lipinski definition) is 4. The Morgan fingerprint density at radius 3 is 2.55 bits per heavy atom. The van der Waals surface area contributed by atoms with Crippen molar-refractivity contribution < 1.29 is 9.90 Å². The van der Waals surface area contributed by atoms with E-state index >= 15 is 0 Å². The van der Waals surface area contributed by atoms with Gasteiger partial charge >= 0.3 is 5.97 Å². The Hall–Kier alpha value is -3.02. The van der Waals surface area contributed by atoms with Crippen LogP contribution in [0.5, 0.6) is 0 Å². The van der Waals surface area contributed by atoms with Gasteiger partial charge in [0.15, 0.2) is 5.82 Å². The molecule has 0 spiro atoms. The van der Waals surface area contributed by atoms with E-state index in [1.54, 1.807) is 28.9 Å². The van der Waals surface area contributed by atoms with Gasteiger partial charge in [0, 0.05) is 5.56 Å². The molecule has 0 saturated heterocycles. The van der Waals surface area contributed by atoms with E-state index in [1.807, 2.05) is 31.2 Å². The summed E-state index contributed by atoms with van der Waals surface area (Å²) < 4.78 is 1.71. The van der Waals surface area contributed by atoms with Gasteiger partial charge in [-0.15, -0.1) is 5.10 Å². The van der Waals surface area contributed by atoms with Gasteiger partial charge in [0.1, 0.15) is 0 Å². The van der Waals surface area contributed by atoms with Crippen molar-refractivity contribution in [3.63, 3.8) is 0 Å². The number of rotatable bonds is 4. The van der Waals surface area contributed by atoms with Crippen molar-refractivity contribution in [2.24, 2.45) is 0 Å². The van der Waals surface area contributed by atoms with E-state index in [9.17, 15) is 4.79 Å². The quantitative estimate of drug-likeness (QED) is 0.799. The standard InChI is InChI=1S/C16H14N4O2/c1-11-4-2-3-5-14(11)15-17-18-19-20(15)10-12-6-8-13(9-7-12)16(21)22/h2-9H,10H2,1H3,(H,21,22). The van der Waals surface area contributed by atoms with Crippen molar-refractivity contribution in [3.05, 3.63) is 65.2 Å². The molecular formula is C16H14N4O2. The van der Waals surface area contributed by atoms with Crippen LogP contribution in [0.2, 0.25) is 0 Å². The van der Waals surface area contributed by atoms with Crippen molar-refractivity contribution in [2.45, 2.75) is 13.5 Å². The Morgan fingerprint density at radius 1 is 1.14 bits per heavy atom. The average Bonchev–Trinajstić information content (AvgIpc) is 2.96. The first kappa shape index (κ1) is 13.9. The number of hydrogen-bond donors (Lipinski definition) is 1. The second-order valence-electron chi connectivity index (χ2n) is 4.98. The second kappa shape index (κ2) is 5.77. The Kier molecular flexibility index (Phi) is 3.65. The molecule has 6 nitrogen and oxygen atoms in total. The molecule has 0 aliphatic rings. The van der Waals surface area contributed by atoms with Crippen LogP contribution in [0.15, 0.2) is 48.5 Å². The highest BCUT2D eigenvalue weighted by molar-refractivity contribution is 5.87. The second-order valence-corrected chi connectivity index (χ2v) is 4.98.